The minimum absolute atomic E-state index is 0.458. The second-order valence-electron chi connectivity index (χ2n) is 7.84. The summed E-state index contributed by atoms with van der Waals surface area (Å²) in [4.78, 5) is 7.10. The van der Waals surface area contributed by atoms with Gasteiger partial charge in [0, 0.05) is 31.2 Å². The van der Waals surface area contributed by atoms with E-state index in [0.717, 1.165) is 37.1 Å². The molecule has 0 fully saturated rings. The molecule has 0 aliphatic heterocycles. The van der Waals surface area contributed by atoms with E-state index in [4.69, 9.17) is 5.21 Å². The van der Waals surface area contributed by atoms with Crippen molar-refractivity contribution in [2.45, 2.75) is 19.5 Å². The molecule has 4 aromatic rings. The fraction of sp³-hybridized carbons (Fsp3) is 0.148. The van der Waals surface area contributed by atoms with Crippen molar-refractivity contribution in [1.82, 2.24) is 15.4 Å². The normalized spacial score (nSPS) is 11.4. The van der Waals surface area contributed by atoms with Crippen LogP contribution in [-0.4, -0.2) is 21.6 Å². The van der Waals surface area contributed by atoms with Gasteiger partial charge in [-0.15, -0.1) is 0 Å². The Labute approximate surface area is 193 Å². The summed E-state index contributed by atoms with van der Waals surface area (Å²) in [6, 6.07) is 21.2. The van der Waals surface area contributed by atoms with Crippen molar-refractivity contribution in [1.29, 1.82) is 0 Å². The average molecular weight is 442 g/mol. The van der Waals surface area contributed by atoms with Crippen LogP contribution in [0.1, 0.15) is 22.3 Å². The molecule has 5 heteroatoms. The Morgan fingerprint density at radius 3 is 2.62 bits per heavy atom. The lowest BCUT2D eigenvalue weighted by atomic mass is 10.1. The van der Waals surface area contributed by atoms with Gasteiger partial charge in [-0.1, -0.05) is 55.1 Å². The van der Waals surface area contributed by atoms with Crippen LogP contribution in [0.25, 0.3) is 17.0 Å². The first kappa shape index (κ1) is 22.0. The monoisotopic (exact) mass is 441 g/mol. The first-order valence-corrected chi connectivity index (χ1v) is 11.6. The topological polar surface area (TPSA) is 48.4 Å². The van der Waals surface area contributed by atoms with E-state index in [1.807, 2.05) is 23.8 Å². The van der Waals surface area contributed by atoms with Gasteiger partial charge < -0.3 is 0 Å². The van der Waals surface area contributed by atoms with Gasteiger partial charge in [0.15, 0.2) is 0 Å². The molecular weight excluding hydrogens is 414 g/mol. The fourth-order valence-corrected chi connectivity index (χ4v) is 4.28. The van der Waals surface area contributed by atoms with Gasteiger partial charge in [0.1, 0.15) is 0 Å². The maximum atomic E-state index is 8.84. The minimum atomic E-state index is 0.458. The Kier molecular flexibility index (Phi) is 7.46. The maximum Gasteiger partial charge on any atom is 0.0702 e. The fourth-order valence-electron chi connectivity index (χ4n) is 3.62. The zero-order chi connectivity index (χ0) is 22.2. The number of hydrogen-bond donors (Lipinski definition) is 2. The van der Waals surface area contributed by atoms with E-state index in [2.05, 4.69) is 81.8 Å². The summed E-state index contributed by atoms with van der Waals surface area (Å²) >= 11 is 1.74. The summed E-state index contributed by atoms with van der Waals surface area (Å²) in [5, 5.41) is 14.4. The van der Waals surface area contributed by atoms with Gasteiger partial charge in [-0.2, -0.15) is 11.3 Å². The van der Waals surface area contributed by atoms with Crippen molar-refractivity contribution in [2.24, 2.45) is 0 Å². The van der Waals surface area contributed by atoms with Gasteiger partial charge in [0.25, 0.3) is 0 Å². The molecule has 2 aromatic carbocycles. The molecule has 4 rings (SSSR count). The van der Waals surface area contributed by atoms with E-state index in [1.165, 1.54) is 22.1 Å². The predicted molar refractivity (Wildman–Crippen MR) is 133 cm³/mol. The van der Waals surface area contributed by atoms with Crippen LogP contribution in [0.3, 0.4) is 0 Å². The van der Waals surface area contributed by atoms with Crippen molar-refractivity contribution in [3.05, 3.63) is 118 Å². The maximum absolute atomic E-state index is 8.84. The van der Waals surface area contributed by atoms with Crippen LogP contribution in [0, 0.1) is 0 Å². The van der Waals surface area contributed by atoms with Crippen molar-refractivity contribution in [3.63, 3.8) is 0 Å². The summed E-state index contributed by atoms with van der Waals surface area (Å²) in [5.41, 5.74) is 8.49. The highest BCUT2D eigenvalue weighted by Gasteiger charge is 2.09. The van der Waals surface area contributed by atoms with E-state index in [9.17, 15) is 0 Å². The molecule has 0 saturated heterocycles. The van der Waals surface area contributed by atoms with Crippen LogP contribution in [0.15, 0.2) is 96.0 Å². The number of para-hydroxylation sites is 1. The Balaban J connectivity index is 1.44. The highest BCUT2D eigenvalue weighted by Crippen LogP contribution is 2.17. The molecule has 0 radical (unpaired) electrons. The van der Waals surface area contributed by atoms with Crippen LogP contribution < -0.4 is 5.48 Å². The van der Waals surface area contributed by atoms with Crippen LogP contribution >= 0.6 is 11.3 Å². The second-order valence-corrected chi connectivity index (χ2v) is 8.62. The summed E-state index contributed by atoms with van der Waals surface area (Å²) in [5.74, 6) is 0. The molecule has 0 spiro atoms. The van der Waals surface area contributed by atoms with Gasteiger partial charge >= 0.3 is 0 Å². The van der Waals surface area contributed by atoms with Crippen molar-refractivity contribution >= 4 is 28.3 Å². The third kappa shape index (κ3) is 6.14. The molecule has 0 aliphatic carbocycles. The van der Waals surface area contributed by atoms with Gasteiger partial charge in [-0.3, -0.25) is 20.6 Å². The first-order chi connectivity index (χ1) is 15.7. The van der Waals surface area contributed by atoms with E-state index in [1.54, 1.807) is 17.4 Å². The standard InChI is InChI=1S/C27H27N3OS/c1-21(29-31)6-7-22-8-10-23(11-9-22)18-30(19-25-13-15-32-20-25)14-12-24-16-26-4-2-3-5-27(26)28-17-24/h2-11,13,15-17,20,29,31H,1,12,14,18-19H2/b7-6+. The molecule has 4 nitrogen and oxygen atoms in total. The zero-order valence-electron chi connectivity index (χ0n) is 17.9. The van der Waals surface area contributed by atoms with Gasteiger partial charge in [0.05, 0.1) is 11.2 Å². The van der Waals surface area contributed by atoms with Crippen LogP contribution in [0.2, 0.25) is 0 Å². The largest absolute Gasteiger partial charge is 0.294 e. The smallest absolute Gasteiger partial charge is 0.0702 e. The molecule has 0 unspecified atom stereocenters. The molecule has 0 aliphatic rings. The number of fused-ring (bicyclic) bond motifs is 1. The Morgan fingerprint density at radius 2 is 1.84 bits per heavy atom. The molecule has 2 heterocycles. The number of nitrogens with one attached hydrogen (secondary N) is 1. The number of thiophene rings is 1. The highest BCUT2D eigenvalue weighted by atomic mass is 32.1. The minimum Gasteiger partial charge on any atom is -0.294 e. The lowest BCUT2D eigenvalue weighted by Crippen LogP contribution is -2.25. The van der Waals surface area contributed by atoms with Crippen LogP contribution in [0.4, 0.5) is 0 Å². The summed E-state index contributed by atoms with van der Waals surface area (Å²) < 4.78 is 0. The van der Waals surface area contributed by atoms with Crippen LogP contribution in [-0.2, 0) is 19.5 Å². The quantitative estimate of drug-likeness (QED) is 0.232. The number of hydrogen-bond acceptors (Lipinski definition) is 5. The number of hydroxylamine groups is 1. The van der Waals surface area contributed by atoms with Gasteiger partial charge in [-0.05, 0) is 63.7 Å². The Bertz CT molecular complexity index is 1180. The first-order valence-electron chi connectivity index (χ1n) is 10.6. The third-order valence-corrected chi connectivity index (χ3v) is 6.09. The lowest BCUT2D eigenvalue weighted by Gasteiger charge is -2.22. The number of aromatic nitrogens is 1. The molecule has 0 atom stereocenters. The second kappa shape index (κ2) is 10.9. The molecule has 0 amide bonds. The average Bonchev–Trinajstić information content (AvgIpc) is 3.35. The summed E-state index contributed by atoms with van der Waals surface area (Å²) in [6.45, 7) is 6.45. The SMILES string of the molecule is C=C(/C=C/c1ccc(CN(CCc2cnc3ccccc3c2)Cc2ccsc2)cc1)NO. The third-order valence-electron chi connectivity index (χ3n) is 5.36. The molecule has 32 heavy (non-hydrogen) atoms. The van der Waals surface area contributed by atoms with Gasteiger partial charge in [0.2, 0.25) is 0 Å². The van der Waals surface area contributed by atoms with Gasteiger partial charge in [-0.25, -0.2) is 0 Å². The number of rotatable bonds is 10. The van der Waals surface area contributed by atoms with E-state index in [0.29, 0.717) is 5.70 Å². The molecule has 162 valence electrons. The van der Waals surface area contributed by atoms with Crippen molar-refractivity contribution < 1.29 is 5.21 Å². The van der Waals surface area contributed by atoms with Crippen LogP contribution in [0.5, 0.6) is 0 Å². The predicted octanol–water partition coefficient (Wildman–Crippen LogP) is 6.05. The van der Waals surface area contributed by atoms with Crippen molar-refractivity contribution in [3.8, 4) is 0 Å². The molecule has 0 saturated carbocycles. The van der Waals surface area contributed by atoms with E-state index < -0.39 is 0 Å². The molecular formula is C27H27N3OS. The highest BCUT2D eigenvalue weighted by molar-refractivity contribution is 7.07. The Hall–Kier alpha value is -3.25. The zero-order valence-corrected chi connectivity index (χ0v) is 18.8. The van der Waals surface area contributed by atoms with Crippen molar-refractivity contribution in [2.75, 3.05) is 6.54 Å². The van der Waals surface area contributed by atoms with E-state index in [-0.39, 0.29) is 0 Å². The number of nitrogens with zero attached hydrogens (tertiary/aromatic N) is 2. The summed E-state index contributed by atoms with van der Waals surface area (Å²) in [6.07, 6.45) is 6.63. The number of benzene rings is 2. The number of allylic oxidation sites excluding steroid dienone is 1. The molecule has 2 N–H and O–H groups in total. The number of pyridine rings is 1. The molecule has 0 bridgehead atoms. The Morgan fingerprint density at radius 1 is 1.03 bits per heavy atom. The summed E-state index contributed by atoms with van der Waals surface area (Å²) in [7, 11) is 0. The molecule has 2 aromatic heterocycles. The van der Waals surface area contributed by atoms with E-state index >= 15 is 0 Å². The lowest BCUT2D eigenvalue weighted by molar-refractivity contribution is 0.205.